The first-order valence-electron chi connectivity index (χ1n) is 3.93. The number of hydrogen-bond acceptors (Lipinski definition) is 3. The maximum absolute atomic E-state index is 5.86. The van der Waals surface area contributed by atoms with Gasteiger partial charge in [0.2, 0.25) is 0 Å². The van der Waals surface area contributed by atoms with Gasteiger partial charge in [0.15, 0.2) is 0 Å². The highest BCUT2D eigenvalue weighted by molar-refractivity contribution is 5.06. The maximum Gasteiger partial charge on any atom is 0.0818 e. The molecule has 0 saturated heterocycles. The van der Waals surface area contributed by atoms with E-state index in [-0.39, 0.29) is 12.1 Å². The van der Waals surface area contributed by atoms with Crippen molar-refractivity contribution >= 4 is 0 Å². The van der Waals surface area contributed by atoms with Crippen LogP contribution in [0.5, 0.6) is 0 Å². The summed E-state index contributed by atoms with van der Waals surface area (Å²) in [7, 11) is 3.52. The number of ether oxygens (including phenoxy) is 1. The van der Waals surface area contributed by atoms with E-state index in [9.17, 15) is 0 Å². The van der Waals surface area contributed by atoms with Crippen LogP contribution in [0.4, 0.5) is 0 Å². The van der Waals surface area contributed by atoms with E-state index in [1.54, 1.807) is 11.8 Å². The second-order valence-electron chi connectivity index (χ2n) is 2.88. The molecule has 1 rings (SSSR count). The summed E-state index contributed by atoms with van der Waals surface area (Å²) in [5.41, 5.74) is 6.73. The van der Waals surface area contributed by atoms with Gasteiger partial charge in [-0.2, -0.15) is 5.10 Å². The van der Waals surface area contributed by atoms with Crippen LogP contribution in [-0.4, -0.2) is 23.0 Å². The van der Waals surface area contributed by atoms with Gasteiger partial charge in [-0.05, 0) is 13.0 Å². The summed E-state index contributed by atoms with van der Waals surface area (Å²) < 4.78 is 6.84. The SMILES string of the molecule is COC(C)C(N)c1ccn(C)n1. The number of nitrogens with zero attached hydrogens (tertiary/aromatic N) is 2. The second-order valence-corrected chi connectivity index (χ2v) is 2.88. The highest BCUT2D eigenvalue weighted by Gasteiger charge is 2.15. The summed E-state index contributed by atoms with van der Waals surface area (Å²) in [5.74, 6) is 0. The van der Waals surface area contributed by atoms with Crippen LogP contribution in [0.1, 0.15) is 18.7 Å². The Bertz CT molecular complexity index is 246. The summed E-state index contributed by atoms with van der Waals surface area (Å²) in [6.07, 6.45) is 1.87. The Morgan fingerprint density at radius 2 is 2.33 bits per heavy atom. The molecule has 0 aliphatic heterocycles. The fourth-order valence-corrected chi connectivity index (χ4v) is 0.998. The number of methoxy groups -OCH3 is 1. The van der Waals surface area contributed by atoms with E-state index in [0.717, 1.165) is 5.69 Å². The van der Waals surface area contributed by atoms with Gasteiger partial charge in [-0.15, -0.1) is 0 Å². The predicted octanol–water partition coefficient (Wildman–Crippen LogP) is 0.455. The number of rotatable bonds is 3. The van der Waals surface area contributed by atoms with Crippen molar-refractivity contribution in [2.75, 3.05) is 7.11 Å². The lowest BCUT2D eigenvalue weighted by Crippen LogP contribution is -2.25. The van der Waals surface area contributed by atoms with E-state index in [1.165, 1.54) is 0 Å². The highest BCUT2D eigenvalue weighted by Crippen LogP contribution is 2.12. The molecule has 1 aromatic rings. The summed E-state index contributed by atoms with van der Waals surface area (Å²) in [6, 6.07) is 1.76. The molecule has 4 nitrogen and oxygen atoms in total. The molecule has 1 aromatic heterocycles. The number of hydrogen-bond donors (Lipinski definition) is 1. The van der Waals surface area contributed by atoms with Gasteiger partial charge in [-0.25, -0.2) is 0 Å². The van der Waals surface area contributed by atoms with Gasteiger partial charge in [0.25, 0.3) is 0 Å². The Labute approximate surface area is 72.3 Å². The minimum atomic E-state index is -0.142. The van der Waals surface area contributed by atoms with Crippen LogP contribution in [0.3, 0.4) is 0 Å². The molecule has 0 radical (unpaired) electrons. The molecule has 4 heteroatoms. The summed E-state index contributed by atoms with van der Waals surface area (Å²) in [6.45, 7) is 1.93. The average molecular weight is 169 g/mol. The van der Waals surface area contributed by atoms with E-state index in [4.69, 9.17) is 10.5 Å². The maximum atomic E-state index is 5.86. The topological polar surface area (TPSA) is 53.1 Å². The molecule has 0 bridgehead atoms. The molecule has 0 spiro atoms. The molecule has 0 aliphatic rings. The largest absolute Gasteiger partial charge is 0.380 e. The summed E-state index contributed by atoms with van der Waals surface area (Å²) >= 11 is 0. The van der Waals surface area contributed by atoms with Crippen molar-refractivity contribution in [3.05, 3.63) is 18.0 Å². The molecule has 0 fully saturated rings. The fraction of sp³-hybridized carbons (Fsp3) is 0.625. The zero-order valence-corrected chi connectivity index (χ0v) is 7.69. The van der Waals surface area contributed by atoms with Crippen molar-refractivity contribution < 1.29 is 4.74 Å². The third kappa shape index (κ3) is 1.84. The Morgan fingerprint density at radius 3 is 2.75 bits per heavy atom. The molecule has 0 aromatic carbocycles. The summed E-state index contributed by atoms with van der Waals surface area (Å²) in [4.78, 5) is 0. The van der Waals surface area contributed by atoms with Gasteiger partial charge >= 0.3 is 0 Å². The van der Waals surface area contributed by atoms with Crippen LogP contribution in [0.15, 0.2) is 12.3 Å². The minimum Gasteiger partial charge on any atom is -0.380 e. The molecule has 12 heavy (non-hydrogen) atoms. The van der Waals surface area contributed by atoms with E-state index in [2.05, 4.69) is 5.10 Å². The molecule has 2 N–H and O–H groups in total. The van der Waals surface area contributed by atoms with Gasteiger partial charge in [-0.1, -0.05) is 0 Å². The molecule has 0 amide bonds. The van der Waals surface area contributed by atoms with Crippen molar-refractivity contribution in [2.45, 2.75) is 19.1 Å². The highest BCUT2D eigenvalue weighted by atomic mass is 16.5. The molecule has 2 atom stereocenters. The van der Waals surface area contributed by atoms with Crippen LogP contribution < -0.4 is 5.73 Å². The van der Waals surface area contributed by atoms with Gasteiger partial charge in [0.05, 0.1) is 17.8 Å². The van der Waals surface area contributed by atoms with Crippen molar-refractivity contribution in [3.8, 4) is 0 Å². The first-order valence-corrected chi connectivity index (χ1v) is 3.93. The smallest absolute Gasteiger partial charge is 0.0818 e. The van der Waals surface area contributed by atoms with E-state index in [0.29, 0.717) is 0 Å². The molecular weight excluding hydrogens is 154 g/mol. The first-order chi connectivity index (χ1) is 5.65. The molecule has 68 valence electrons. The van der Waals surface area contributed by atoms with Crippen molar-refractivity contribution in [3.63, 3.8) is 0 Å². The van der Waals surface area contributed by atoms with Crippen molar-refractivity contribution in [2.24, 2.45) is 12.8 Å². The van der Waals surface area contributed by atoms with Crippen LogP contribution in [0.2, 0.25) is 0 Å². The number of nitrogens with two attached hydrogens (primary N) is 1. The third-order valence-electron chi connectivity index (χ3n) is 1.95. The fourth-order valence-electron chi connectivity index (χ4n) is 0.998. The van der Waals surface area contributed by atoms with E-state index >= 15 is 0 Å². The lowest BCUT2D eigenvalue weighted by Gasteiger charge is -2.15. The minimum absolute atomic E-state index is 0.0000926. The molecule has 0 saturated carbocycles. The standard InChI is InChI=1S/C8H15N3O/c1-6(12-3)8(9)7-4-5-11(2)10-7/h4-6,8H,9H2,1-3H3. The molecule has 0 aliphatic carbocycles. The zero-order chi connectivity index (χ0) is 9.14. The average Bonchev–Trinajstić information content (AvgIpc) is 2.49. The van der Waals surface area contributed by atoms with Gasteiger partial charge in [0, 0.05) is 20.4 Å². The third-order valence-corrected chi connectivity index (χ3v) is 1.95. The van der Waals surface area contributed by atoms with Crippen molar-refractivity contribution in [1.82, 2.24) is 9.78 Å². The Morgan fingerprint density at radius 1 is 1.67 bits per heavy atom. The van der Waals surface area contributed by atoms with Crippen LogP contribution in [-0.2, 0) is 11.8 Å². The van der Waals surface area contributed by atoms with Gasteiger partial charge < -0.3 is 10.5 Å². The van der Waals surface area contributed by atoms with E-state index in [1.807, 2.05) is 26.2 Å². The number of aromatic nitrogens is 2. The molecule has 1 heterocycles. The quantitative estimate of drug-likeness (QED) is 0.715. The van der Waals surface area contributed by atoms with Gasteiger partial charge in [0.1, 0.15) is 0 Å². The normalized spacial score (nSPS) is 16.0. The lowest BCUT2D eigenvalue weighted by molar-refractivity contribution is 0.0943. The van der Waals surface area contributed by atoms with E-state index < -0.39 is 0 Å². The Balaban J connectivity index is 2.70. The monoisotopic (exact) mass is 169 g/mol. The van der Waals surface area contributed by atoms with Crippen LogP contribution in [0, 0.1) is 0 Å². The van der Waals surface area contributed by atoms with Crippen LogP contribution >= 0.6 is 0 Å². The van der Waals surface area contributed by atoms with Crippen molar-refractivity contribution in [1.29, 1.82) is 0 Å². The Hall–Kier alpha value is -0.870. The Kier molecular flexibility index (Phi) is 2.83. The zero-order valence-electron chi connectivity index (χ0n) is 7.69. The van der Waals surface area contributed by atoms with Crippen LogP contribution in [0.25, 0.3) is 0 Å². The van der Waals surface area contributed by atoms with Gasteiger partial charge in [-0.3, -0.25) is 4.68 Å². The first kappa shape index (κ1) is 9.22. The predicted molar refractivity (Wildman–Crippen MR) is 46.6 cm³/mol. The molecular formula is C8H15N3O. The summed E-state index contributed by atoms with van der Waals surface area (Å²) in [5, 5.41) is 4.19. The number of aryl methyl sites for hydroxylation is 1. The molecule has 2 unspecified atom stereocenters. The lowest BCUT2D eigenvalue weighted by atomic mass is 10.1. The second kappa shape index (κ2) is 3.69.